The van der Waals surface area contributed by atoms with Crippen LogP contribution in [0, 0.1) is 12.7 Å². The predicted octanol–water partition coefficient (Wildman–Crippen LogP) is 3.03. The van der Waals surface area contributed by atoms with E-state index in [-0.39, 0.29) is 18.0 Å². The predicted molar refractivity (Wildman–Crippen MR) is 53.2 cm³/mol. The van der Waals surface area contributed by atoms with E-state index in [4.69, 9.17) is 0 Å². The Balaban J connectivity index is 3.17. The molecule has 0 aliphatic rings. The number of carbonyl (C=O) groups is 1. The van der Waals surface area contributed by atoms with Crippen LogP contribution in [-0.4, -0.2) is 5.78 Å². The highest BCUT2D eigenvalue weighted by Crippen LogP contribution is 2.23. The van der Waals surface area contributed by atoms with Crippen LogP contribution in [0.2, 0.25) is 0 Å². The molecular formula is C10H10BrFO. The van der Waals surface area contributed by atoms with E-state index in [9.17, 15) is 9.18 Å². The summed E-state index contributed by atoms with van der Waals surface area (Å²) in [4.78, 5) is 10.9. The average molecular weight is 245 g/mol. The molecule has 0 spiro atoms. The Bertz CT molecular complexity index is 347. The van der Waals surface area contributed by atoms with Gasteiger partial charge in [-0.05, 0) is 37.1 Å². The van der Waals surface area contributed by atoms with Crippen LogP contribution in [0.5, 0.6) is 0 Å². The normalized spacial score (nSPS) is 10.2. The van der Waals surface area contributed by atoms with Gasteiger partial charge in [0.1, 0.15) is 11.6 Å². The van der Waals surface area contributed by atoms with Gasteiger partial charge in [0.25, 0.3) is 0 Å². The van der Waals surface area contributed by atoms with Crippen molar-refractivity contribution >= 4 is 21.7 Å². The third-order valence-electron chi connectivity index (χ3n) is 1.90. The lowest BCUT2D eigenvalue weighted by Crippen LogP contribution is -2.01. The molecule has 0 atom stereocenters. The maximum atomic E-state index is 13.1. The van der Waals surface area contributed by atoms with E-state index in [0.717, 1.165) is 10.0 Å². The van der Waals surface area contributed by atoms with Crippen molar-refractivity contribution in [1.29, 1.82) is 0 Å². The monoisotopic (exact) mass is 244 g/mol. The van der Waals surface area contributed by atoms with Crippen molar-refractivity contribution in [3.8, 4) is 0 Å². The summed E-state index contributed by atoms with van der Waals surface area (Å²) in [5.74, 6) is -0.228. The van der Waals surface area contributed by atoms with Crippen molar-refractivity contribution in [2.45, 2.75) is 20.3 Å². The van der Waals surface area contributed by atoms with Gasteiger partial charge in [0.05, 0.1) is 0 Å². The molecule has 1 aromatic carbocycles. The molecule has 0 fully saturated rings. The average Bonchev–Trinajstić information content (AvgIpc) is 2.05. The highest BCUT2D eigenvalue weighted by molar-refractivity contribution is 9.10. The Kier molecular flexibility index (Phi) is 3.20. The molecule has 1 rings (SSSR count). The van der Waals surface area contributed by atoms with E-state index in [1.165, 1.54) is 13.0 Å². The first-order valence-corrected chi connectivity index (χ1v) is 4.74. The zero-order valence-corrected chi connectivity index (χ0v) is 9.11. The SMILES string of the molecule is CC(=O)Cc1c(Br)ccc(F)c1C. The highest BCUT2D eigenvalue weighted by Gasteiger charge is 2.09. The summed E-state index contributed by atoms with van der Waals surface area (Å²) in [5.41, 5.74) is 1.29. The molecule has 0 aliphatic carbocycles. The maximum Gasteiger partial charge on any atom is 0.134 e. The summed E-state index contributed by atoms with van der Waals surface area (Å²) in [6, 6.07) is 3.02. The minimum atomic E-state index is -0.264. The number of ketones is 1. The van der Waals surface area contributed by atoms with Gasteiger partial charge in [-0.1, -0.05) is 15.9 Å². The third kappa shape index (κ3) is 2.37. The largest absolute Gasteiger partial charge is 0.300 e. The Morgan fingerprint density at radius 1 is 1.54 bits per heavy atom. The fraction of sp³-hybridized carbons (Fsp3) is 0.300. The molecular weight excluding hydrogens is 235 g/mol. The fourth-order valence-corrected chi connectivity index (χ4v) is 1.73. The van der Waals surface area contributed by atoms with Crippen LogP contribution < -0.4 is 0 Å². The fourth-order valence-electron chi connectivity index (χ4n) is 1.16. The number of halogens is 2. The Morgan fingerprint density at radius 3 is 2.69 bits per heavy atom. The van der Waals surface area contributed by atoms with E-state index in [0.29, 0.717) is 5.56 Å². The van der Waals surface area contributed by atoms with Crippen molar-refractivity contribution in [3.63, 3.8) is 0 Å². The van der Waals surface area contributed by atoms with Crippen LogP contribution in [0.25, 0.3) is 0 Å². The van der Waals surface area contributed by atoms with Crippen LogP contribution in [-0.2, 0) is 11.2 Å². The van der Waals surface area contributed by atoms with Crippen LogP contribution in [0.15, 0.2) is 16.6 Å². The molecule has 70 valence electrons. The zero-order valence-electron chi connectivity index (χ0n) is 7.53. The topological polar surface area (TPSA) is 17.1 Å². The van der Waals surface area contributed by atoms with Gasteiger partial charge in [-0.2, -0.15) is 0 Å². The van der Waals surface area contributed by atoms with E-state index < -0.39 is 0 Å². The lowest BCUT2D eigenvalue weighted by Gasteiger charge is -2.06. The third-order valence-corrected chi connectivity index (χ3v) is 2.64. The summed E-state index contributed by atoms with van der Waals surface area (Å²) in [5, 5.41) is 0. The summed E-state index contributed by atoms with van der Waals surface area (Å²) in [7, 11) is 0. The first-order valence-electron chi connectivity index (χ1n) is 3.95. The summed E-state index contributed by atoms with van der Waals surface area (Å²) < 4.78 is 13.9. The molecule has 0 aromatic heterocycles. The van der Waals surface area contributed by atoms with Gasteiger partial charge in [-0.25, -0.2) is 4.39 Å². The molecule has 1 nitrogen and oxygen atoms in total. The molecule has 0 heterocycles. The number of hydrogen-bond donors (Lipinski definition) is 0. The number of rotatable bonds is 2. The minimum absolute atomic E-state index is 0.0365. The minimum Gasteiger partial charge on any atom is -0.300 e. The molecule has 0 aliphatic heterocycles. The smallest absolute Gasteiger partial charge is 0.134 e. The Hall–Kier alpha value is -0.700. The lowest BCUT2D eigenvalue weighted by molar-refractivity contribution is -0.116. The number of carbonyl (C=O) groups excluding carboxylic acids is 1. The molecule has 0 unspecified atom stereocenters. The van der Waals surface area contributed by atoms with Gasteiger partial charge in [-0.3, -0.25) is 4.79 Å². The summed E-state index contributed by atoms with van der Waals surface area (Å²) in [6.07, 6.45) is 0.282. The molecule has 13 heavy (non-hydrogen) atoms. The van der Waals surface area contributed by atoms with Gasteiger partial charge in [0.15, 0.2) is 0 Å². The molecule has 3 heteroatoms. The highest BCUT2D eigenvalue weighted by atomic mass is 79.9. The van der Waals surface area contributed by atoms with Gasteiger partial charge >= 0.3 is 0 Å². The van der Waals surface area contributed by atoms with Gasteiger partial charge in [0.2, 0.25) is 0 Å². The van der Waals surface area contributed by atoms with Crippen LogP contribution in [0.1, 0.15) is 18.1 Å². The van der Waals surface area contributed by atoms with Crippen molar-refractivity contribution in [1.82, 2.24) is 0 Å². The van der Waals surface area contributed by atoms with Crippen molar-refractivity contribution in [2.24, 2.45) is 0 Å². The van der Waals surface area contributed by atoms with Gasteiger partial charge in [-0.15, -0.1) is 0 Å². The Morgan fingerprint density at radius 2 is 2.15 bits per heavy atom. The second kappa shape index (κ2) is 4.01. The summed E-state index contributed by atoms with van der Waals surface area (Å²) in [6.45, 7) is 3.18. The van der Waals surface area contributed by atoms with E-state index >= 15 is 0 Å². The number of Topliss-reactive ketones (excluding diaryl/α,β-unsaturated/α-hetero) is 1. The van der Waals surface area contributed by atoms with E-state index in [2.05, 4.69) is 15.9 Å². The van der Waals surface area contributed by atoms with Crippen LogP contribution in [0.3, 0.4) is 0 Å². The van der Waals surface area contributed by atoms with E-state index in [1.54, 1.807) is 13.0 Å². The molecule has 1 aromatic rings. The first kappa shape index (κ1) is 10.4. The van der Waals surface area contributed by atoms with Gasteiger partial charge in [0, 0.05) is 10.9 Å². The van der Waals surface area contributed by atoms with Crippen molar-refractivity contribution < 1.29 is 9.18 Å². The van der Waals surface area contributed by atoms with Crippen LogP contribution in [0.4, 0.5) is 4.39 Å². The molecule has 0 saturated carbocycles. The molecule has 0 radical (unpaired) electrons. The van der Waals surface area contributed by atoms with Gasteiger partial charge < -0.3 is 0 Å². The van der Waals surface area contributed by atoms with Crippen LogP contribution >= 0.6 is 15.9 Å². The lowest BCUT2D eigenvalue weighted by atomic mass is 10.0. The van der Waals surface area contributed by atoms with Crippen molar-refractivity contribution in [3.05, 3.63) is 33.5 Å². The number of benzene rings is 1. The quantitative estimate of drug-likeness (QED) is 0.782. The molecule has 0 N–H and O–H groups in total. The molecule has 0 amide bonds. The maximum absolute atomic E-state index is 13.1. The second-order valence-corrected chi connectivity index (χ2v) is 3.87. The zero-order chi connectivity index (χ0) is 10.0. The Labute approximate surface area is 85.1 Å². The van der Waals surface area contributed by atoms with E-state index in [1.807, 2.05) is 0 Å². The van der Waals surface area contributed by atoms with Crippen molar-refractivity contribution in [2.75, 3.05) is 0 Å². The standard InChI is InChI=1S/C10H10BrFO/c1-6(13)5-8-7(2)10(12)4-3-9(8)11/h3-4H,5H2,1-2H3. The number of hydrogen-bond acceptors (Lipinski definition) is 1. The first-order chi connectivity index (χ1) is 6.02. The summed E-state index contributed by atoms with van der Waals surface area (Å²) >= 11 is 3.29. The molecule has 0 bridgehead atoms. The second-order valence-electron chi connectivity index (χ2n) is 3.01. The molecule has 0 saturated heterocycles.